The first-order valence-electron chi connectivity index (χ1n) is 9.20. The third-order valence-electron chi connectivity index (χ3n) is 4.83. The molecule has 5 heteroatoms. The van der Waals surface area contributed by atoms with E-state index in [1.165, 1.54) is 0 Å². The Labute approximate surface area is 153 Å². The van der Waals surface area contributed by atoms with E-state index in [2.05, 4.69) is 0 Å². The van der Waals surface area contributed by atoms with Crippen molar-refractivity contribution >= 4 is 22.6 Å². The number of carbonyl (C=O) groups excluding carboxylic acids is 2. The molecule has 3 rings (SSSR count). The van der Waals surface area contributed by atoms with E-state index >= 15 is 0 Å². The number of benzene rings is 2. The van der Waals surface area contributed by atoms with E-state index in [1.54, 1.807) is 11.8 Å². The zero-order valence-corrected chi connectivity index (χ0v) is 15.3. The molecule has 0 N–H and O–H groups in total. The summed E-state index contributed by atoms with van der Waals surface area (Å²) in [7, 11) is 0. The van der Waals surface area contributed by atoms with Gasteiger partial charge in [-0.3, -0.25) is 9.59 Å². The second-order valence-electron chi connectivity index (χ2n) is 6.59. The second kappa shape index (κ2) is 8.21. The molecular weight excluding hydrogens is 330 g/mol. The number of hydrogen-bond donors (Lipinski definition) is 0. The molecule has 5 nitrogen and oxygen atoms in total. The lowest BCUT2D eigenvalue weighted by Gasteiger charge is -2.32. The van der Waals surface area contributed by atoms with Gasteiger partial charge in [0.05, 0.1) is 12.5 Å². The lowest BCUT2D eigenvalue weighted by Crippen LogP contribution is -2.46. The molecule has 0 aliphatic carbocycles. The fourth-order valence-corrected chi connectivity index (χ4v) is 3.39. The molecule has 26 heavy (non-hydrogen) atoms. The van der Waals surface area contributed by atoms with Crippen LogP contribution in [0.5, 0.6) is 5.75 Å². The van der Waals surface area contributed by atoms with Crippen molar-refractivity contribution in [3.05, 3.63) is 42.5 Å². The van der Waals surface area contributed by atoms with Crippen LogP contribution in [0, 0.1) is 5.92 Å². The Kier molecular flexibility index (Phi) is 5.76. The molecule has 1 aliphatic heterocycles. The maximum absolute atomic E-state index is 12.7. The number of hydrogen-bond acceptors (Lipinski definition) is 4. The summed E-state index contributed by atoms with van der Waals surface area (Å²) in [5.74, 6) is 0.415. The van der Waals surface area contributed by atoms with Gasteiger partial charge in [0.2, 0.25) is 0 Å². The minimum absolute atomic E-state index is 0.0414. The van der Waals surface area contributed by atoms with Crippen LogP contribution in [0.2, 0.25) is 0 Å². The van der Waals surface area contributed by atoms with Crippen LogP contribution in [0.3, 0.4) is 0 Å². The number of carbonyl (C=O) groups is 2. The van der Waals surface area contributed by atoms with E-state index in [-0.39, 0.29) is 17.8 Å². The lowest BCUT2D eigenvalue weighted by molar-refractivity contribution is -0.152. The Morgan fingerprint density at radius 2 is 1.81 bits per heavy atom. The summed E-state index contributed by atoms with van der Waals surface area (Å²) in [4.78, 5) is 26.3. The molecule has 0 radical (unpaired) electrons. The van der Waals surface area contributed by atoms with Gasteiger partial charge in [-0.05, 0) is 38.1 Å². The lowest BCUT2D eigenvalue weighted by atomic mass is 9.96. The predicted molar refractivity (Wildman–Crippen MR) is 100.0 cm³/mol. The van der Waals surface area contributed by atoms with Crippen molar-refractivity contribution in [2.24, 2.45) is 5.92 Å². The summed E-state index contributed by atoms with van der Waals surface area (Å²) >= 11 is 0. The first-order valence-corrected chi connectivity index (χ1v) is 9.20. The van der Waals surface area contributed by atoms with Gasteiger partial charge in [0, 0.05) is 18.5 Å². The number of piperidine rings is 1. The summed E-state index contributed by atoms with van der Waals surface area (Å²) in [6.07, 6.45) is 0.719. The molecule has 2 aromatic carbocycles. The Morgan fingerprint density at radius 1 is 1.12 bits per heavy atom. The highest BCUT2D eigenvalue weighted by Crippen LogP contribution is 2.27. The van der Waals surface area contributed by atoms with Crippen LogP contribution in [0.1, 0.15) is 26.7 Å². The molecule has 1 fully saturated rings. The van der Waals surface area contributed by atoms with Crippen molar-refractivity contribution in [1.82, 2.24) is 4.90 Å². The van der Waals surface area contributed by atoms with Crippen LogP contribution >= 0.6 is 0 Å². The van der Waals surface area contributed by atoms with Gasteiger partial charge in [-0.2, -0.15) is 0 Å². The van der Waals surface area contributed by atoms with Crippen LogP contribution in [0.25, 0.3) is 10.8 Å². The average molecular weight is 355 g/mol. The Bertz CT molecular complexity index is 775. The smallest absolute Gasteiger partial charge is 0.309 e. The largest absolute Gasteiger partial charge is 0.480 e. The maximum atomic E-state index is 12.7. The van der Waals surface area contributed by atoms with Crippen LogP contribution in [-0.4, -0.2) is 42.6 Å². The zero-order valence-electron chi connectivity index (χ0n) is 15.3. The van der Waals surface area contributed by atoms with Gasteiger partial charge in [-0.1, -0.05) is 36.4 Å². The van der Waals surface area contributed by atoms with E-state index in [0.717, 1.165) is 10.8 Å². The van der Waals surface area contributed by atoms with Gasteiger partial charge >= 0.3 is 5.97 Å². The van der Waals surface area contributed by atoms with Crippen molar-refractivity contribution in [1.29, 1.82) is 0 Å². The highest BCUT2D eigenvalue weighted by Gasteiger charge is 2.30. The van der Waals surface area contributed by atoms with Crippen LogP contribution in [0.4, 0.5) is 0 Å². The van der Waals surface area contributed by atoms with Gasteiger partial charge in [-0.15, -0.1) is 0 Å². The Morgan fingerprint density at radius 3 is 2.54 bits per heavy atom. The van der Waals surface area contributed by atoms with E-state index in [4.69, 9.17) is 9.47 Å². The Balaban J connectivity index is 1.61. The molecule has 0 spiro atoms. The first-order chi connectivity index (χ1) is 12.6. The van der Waals surface area contributed by atoms with Gasteiger partial charge in [0.15, 0.2) is 6.10 Å². The first kappa shape index (κ1) is 18.2. The minimum atomic E-state index is -0.569. The van der Waals surface area contributed by atoms with Gasteiger partial charge in [-0.25, -0.2) is 0 Å². The standard InChI is InChI=1S/C21H25NO4/c1-3-25-21(24)17-11-13-22(14-12-17)20(23)15(2)26-19-10-6-8-16-7-4-5-9-18(16)19/h4-10,15,17H,3,11-14H2,1-2H3/t15-/m1/s1. The van der Waals surface area contributed by atoms with Crippen molar-refractivity contribution in [2.45, 2.75) is 32.8 Å². The number of fused-ring (bicyclic) bond motifs is 1. The summed E-state index contributed by atoms with van der Waals surface area (Å²) in [5, 5.41) is 2.08. The molecule has 0 saturated carbocycles. The monoisotopic (exact) mass is 355 g/mol. The van der Waals surface area contributed by atoms with Crippen LogP contribution < -0.4 is 4.74 Å². The number of likely N-dealkylation sites (tertiary alicyclic amines) is 1. The van der Waals surface area contributed by atoms with Crippen molar-refractivity contribution in [3.63, 3.8) is 0 Å². The number of esters is 1. The van der Waals surface area contributed by atoms with E-state index in [1.807, 2.05) is 49.4 Å². The molecule has 0 aromatic heterocycles. The number of rotatable bonds is 5. The summed E-state index contributed by atoms with van der Waals surface area (Å²) in [5.41, 5.74) is 0. The molecule has 138 valence electrons. The quantitative estimate of drug-likeness (QED) is 0.771. The van der Waals surface area contributed by atoms with Crippen LogP contribution in [0.15, 0.2) is 42.5 Å². The number of amides is 1. The zero-order chi connectivity index (χ0) is 18.5. The topological polar surface area (TPSA) is 55.8 Å². The van der Waals surface area contributed by atoms with Gasteiger partial charge in [0.25, 0.3) is 5.91 Å². The molecule has 2 aromatic rings. The van der Waals surface area contributed by atoms with Gasteiger partial charge in [0.1, 0.15) is 5.75 Å². The number of nitrogens with zero attached hydrogens (tertiary/aromatic N) is 1. The molecule has 1 aliphatic rings. The molecule has 0 bridgehead atoms. The van der Waals surface area contributed by atoms with E-state index < -0.39 is 6.10 Å². The molecule has 1 amide bonds. The van der Waals surface area contributed by atoms with Crippen molar-refractivity contribution in [2.75, 3.05) is 19.7 Å². The van der Waals surface area contributed by atoms with Crippen molar-refractivity contribution < 1.29 is 19.1 Å². The summed E-state index contributed by atoms with van der Waals surface area (Å²) in [6.45, 7) is 5.11. The van der Waals surface area contributed by atoms with E-state index in [0.29, 0.717) is 38.3 Å². The predicted octanol–water partition coefficient (Wildman–Crippen LogP) is 3.41. The Hall–Kier alpha value is -2.56. The summed E-state index contributed by atoms with van der Waals surface area (Å²) < 4.78 is 11.0. The third kappa shape index (κ3) is 3.98. The minimum Gasteiger partial charge on any atom is -0.480 e. The molecule has 1 saturated heterocycles. The molecule has 1 atom stereocenters. The second-order valence-corrected chi connectivity index (χ2v) is 6.59. The molecule has 1 heterocycles. The SMILES string of the molecule is CCOC(=O)C1CCN(C(=O)[C@@H](C)Oc2cccc3ccccc23)CC1. The highest BCUT2D eigenvalue weighted by molar-refractivity contribution is 5.89. The fraction of sp³-hybridized carbons (Fsp3) is 0.429. The van der Waals surface area contributed by atoms with Crippen molar-refractivity contribution in [3.8, 4) is 5.75 Å². The molecule has 0 unspecified atom stereocenters. The maximum Gasteiger partial charge on any atom is 0.309 e. The normalized spacial score (nSPS) is 16.3. The van der Waals surface area contributed by atoms with Gasteiger partial charge < -0.3 is 14.4 Å². The summed E-state index contributed by atoms with van der Waals surface area (Å²) in [6, 6.07) is 13.8. The number of ether oxygens (including phenoxy) is 2. The highest BCUT2D eigenvalue weighted by atomic mass is 16.5. The van der Waals surface area contributed by atoms with E-state index in [9.17, 15) is 9.59 Å². The third-order valence-corrected chi connectivity index (χ3v) is 4.83. The molecular formula is C21H25NO4. The average Bonchev–Trinajstić information content (AvgIpc) is 2.68. The fourth-order valence-electron chi connectivity index (χ4n) is 3.39. The van der Waals surface area contributed by atoms with Crippen LogP contribution in [-0.2, 0) is 14.3 Å².